The van der Waals surface area contributed by atoms with Crippen LogP contribution in [0.5, 0.6) is 0 Å². The summed E-state index contributed by atoms with van der Waals surface area (Å²) < 4.78 is 0. The van der Waals surface area contributed by atoms with Crippen molar-refractivity contribution >= 4 is 11.8 Å². The Labute approximate surface area is 124 Å². The molecule has 4 nitrogen and oxygen atoms in total. The van der Waals surface area contributed by atoms with Gasteiger partial charge in [-0.15, -0.1) is 0 Å². The van der Waals surface area contributed by atoms with Gasteiger partial charge in [-0.1, -0.05) is 37.3 Å². The van der Waals surface area contributed by atoms with Crippen LogP contribution in [0.15, 0.2) is 42.5 Å². The van der Waals surface area contributed by atoms with E-state index in [1.54, 1.807) is 12.1 Å². The normalized spacial score (nSPS) is 11.9. The van der Waals surface area contributed by atoms with Gasteiger partial charge in [-0.2, -0.15) is 0 Å². The molecule has 2 aromatic rings. The lowest BCUT2D eigenvalue weighted by Gasteiger charge is -2.14. The fourth-order valence-corrected chi connectivity index (χ4v) is 2.22. The summed E-state index contributed by atoms with van der Waals surface area (Å²) in [6, 6.07) is 13.6. The zero-order chi connectivity index (χ0) is 15.2. The molecule has 110 valence electrons. The summed E-state index contributed by atoms with van der Waals surface area (Å²) in [6.45, 7) is 4.70. The number of hydrogen-bond donors (Lipinski definition) is 2. The third-order valence-electron chi connectivity index (χ3n) is 3.50. The van der Waals surface area contributed by atoms with E-state index in [0.717, 1.165) is 12.1 Å². The van der Waals surface area contributed by atoms with E-state index in [4.69, 9.17) is 5.11 Å². The first-order valence-corrected chi connectivity index (χ1v) is 7.07. The van der Waals surface area contributed by atoms with Crippen molar-refractivity contribution in [2.24, 2.45) is 0 Å². The van der Waals surface area contributed by atoms with Gasteiger partial charge in [0, 0.05) is 12.2 Å². The average molecular weight is 284 g/mol. The van der Waals surface area contributed by atoms with Crippen molar-refractivity contribution in [1.82, 2.24) is 4.98 Å². The molecule has 0 spiro atoms. The molecule has 0 saturated carbocycles. The van der Waals surface area contributed by atoms with E-state index in [9.17, 15) is 4.79 Å². The SMILES string of the molecule is Cc1ccc(C(=O)O)c(NCCC(C)c2ccccc2)n1. The molecule has 21 heavy (non-hydrogen) atoms. The minimum Gasteiger partial charge on any atom is -0.478 e. The van der Waals surface area contributed by atoms with Crippen LogP contribution in [0.1, 0.15) is 40.9 Å². The largest absolute Gasteiger partial charge is 0.478 e. The summed E-state index contributed by atoms with van der Waals surface area (Å²) in [5.74, 6) is -0.0966. The number of aromatic nitrogens is 1. The molecule has 0 aliphatic carbocycles. The van der Waals surface area contributed by atoms with Crippen molar-refractivity contribution < 1.29 is 9.90 Å². The van der Waals surface area contributed by atoms with Gasteiger partial charge in [-0.3, -0.25) is 0 Å². The van der Waals surface area contributed by atoms with Crippen molar-refractivity contribution in [3.63, 3.8) is 0 Å². The minimum atomic E-state index is -0.957. The van der Waals surface area contributed by atoms with Gasteiger partial charge in [0.05, 0.1) is 0 Å². The molecule has 1 aromatic heterocycles. The zero-order valence-electron chi connectivity index (χ0n) is 12.3. The van der Waals surface area contributed by atoms with Gasteiger partial charge in [0.15, 0.2) is 0 Å². The quantitative estimate of drug-likeness (QED) is 0.849. The number of carboxylic acids is 1. The second-order valence-electron chi connectivity index (χ2n) is 5.18. The molecule has 0 bridgehead atoms. The fraction of sp³-hybridized carbons (Fsp3) is 0.294. The minimum absolute atomic E-state index is 0.216. The lowest BCUT2D eigenvalue weighted by molar-refractivity contribution is 0.0697. The molecular formula is C17H20N2O2. The number of carbonyl (C=O) groups is 1. The van der Waals surface area contributed by atoms with Crippen LogP contribution in [0.2, 0.25) is 0 Å². The molecule has 0 saturated heterocycles. The van der Waals surface area contributed by atoms with E-state index in [0.29, 0.717) is 18.3 Å². The van der Waals surface area contributed by atoms with Gasteiger partial charge < -0.3 is 10.4 Å². The van der Waals surface area contributed by atoms with Gasteiger partial charge in [-0.25, -0.2) is 9.78 Å². The van der Waals surface area contributed by atoms with Crippen LogP contribution in [0.25, 0.3) is 0 Å². The number of aryl methyl sites for hydroxylation is 1. The standard InChI is InChI=1S/C17H20N2O2/c1-12(14-6-4-3-5-7-14)10-11-18-16-15(17(20)21)9-8-13(2)19-16/h3-9,12H,10-11H2,1-2H3,(H,18,19)(H,20,21). The number of carboxylic acid groups (broad SMARTS) is 1. The highest BCUT2D eigenvalue weighted by Gasteiger charge is 2.12. The summed E-state index contributed by atoms with van der Waals surface area (Å²) in [7, 11) is 0. The molecule has 0 radical (unpaired) electrons. The number of rotatable bonds is 6. The van der Waals surface area contributed by atoms with E-state index < -0.39 is 5.97 Å². The summed E-state index contributed by atoms with van der Waals surface area (Å²) in [5.41, 5.74) is 2.31. The van der Waals surface area contributed by atoms with Crippen LogP contribution >= 0.6 is 0 Å². The van der Waals surface area contributed by atoms with Gasteiger partial charge in [-0.05, 0) is 37.0 Å². The number of benzene rings is 1. The monoisotopic (exact) mass is 284 g/mol. The summed E-state index contributed by atoms with van der Waals surface area (Å²) in [6.07, 6.45) is 0.915. The van der Waals surface area contributed by atoms with Crippen molar-refractivity contribution in [2.45, 2.75) is 26.2 Å². The van der Waals surface area contributed by atoms with Crippen LogP contribution < -0.4 is 5.32 Å². The predicted octanol–water partition coefficient (Wildman–Crippen LogP) is 3.69. The maximum absolute atomic E-state index is 11.2. The third-order valence-corrected chi connectivity index (χ3v) is 3.50. The Morgan fingerprint density at radius 2 is 1.95 bits per heavy atom. The van der Waals surface area contributed by atoms with E-state index in [1.807, 2.05) is 25.1 Å². The number of anilines is 1. The Hall–Kier alpha value is -2.36. The van der Waals surface area contributed by atoms with Crippen molar-refractivity contribution in [3.05, 3.63) is 59.3 Å². The summed E-state index contributed by atoms with van der Waals surface area (Å²) in [5, 5.41) is 12.3. The van der Waals surface area contributed by atoms with E-state index >= 15 is 0 Å². The van der Waals surface area contributed by atoms with Gasteiger partial charge >= 0.3 is 5.97 Å². The number of aromatic carboxylic acids is 1. The number of pyridine rings is 1. The van der Waals surface area contributed by atoms with E-state index in [-0.39, 0.29) is 5.56 Å². The number of hydrogen-bond acceptors (Lipinski definition) is 3. The Morgan fingerprint density at radius 3 is 2.62 bits per heavy atom. The molecule has 0 aliphatic rings. The fourth-order valence-electron chi connectivity index (χ4n) is 2.22. The van der Waals surface area contributed by atoms with Gasteiger partial charge in [0.25, 0.3) is 0 Å². The van der Waals surface area contributed by atoms with Crippen molar-refractivity contribution in [3.8, 4) is 0 Å². The van der Waals surface area contributed by atoms with Crippen LogP contribution in [-0.4, -0.2) is 22.6 Å². The molecule has 2 N–H and O–H groups in total. The summed E-state index contributed by atoms with van der Waals surface area (Å²) in [4.78, 5) is 15.4. The second kappa shape index (κ2) is 6.88. The maximum Gasteiger partial charge on any atom is 0.339 e. The Bertz CT molecular complexity index is 611. The molecule has 0 aliphatic heterocycles. The van der Waals surface area contributed by atoms with Crippen molar-refractivity contribution in [1.29, 1.82) is 0 Å². The lowest BCUT2D eigenvalue weighted by atomic mass is 9.98. The molecule has 1 aromatic carbocycles. The molecular weight excluding hydrogens is 264 g/mol. The van der Waals surface area contributed by atoms with Crippen LogP contribution in [0, 0.1) is 6.92 Å². The first-order chi connectivity index (χ1) is 10.1. The highest BCUT2D eigenvalue weighted by Crippen LogP contribution is 2.19. The molecule has 0 amide bonds. The molecule has 4 heteroatoms. The molecule has 1 unspecified atom stereocenters. The van der Waals surface area contributed by atoms with Crippen LogP contribution in [-0.2, 0) is 0 Å². The first kappa shape index (κ1) is 15.0. The highest BCUT2D eigenvalue weighted by molar-refractivity contribution is 5.93. The Balaban J connectivity index is 1.97. The molecule has 1 atom stereocenters. The smallest absolute Gasteiger partial charge is 0.339 e. The van der Waals surface area contributed by atoms with E-state index in [2.05, 4.69) is 29.4 Å². The first-order valence-electron chi connectivity index (χ1n) is 7.07. The van der Waals surface area contributed by atoms with Crippen LogP contribution in [0.4, 0.5) is 5.82 Å². The number of nitrogens with zero attached hydrogens (tertiary/aromatic N) is 1. The maximum atomic E-state index is 11.2. The third kappa shape index (κ3) is 4.05. The van der Waals surface area contributed by atoms with Gasteiger partial charge in [0.2, 0.25) is 0 Å². The van der Waals surface area contributed by atoms with Crippen molar-refractivity contribution in [2.75, 3.05) is 11.9 Å². The molecule has 2 rings (SSSR count). The summed E-state index contributed by atoms with van der Waals surface area (Å²) >= 11 is 0. The van der Waals surface area contributed by atoms with E-state index in [1.165, 1.54) is 5.56 Å². The highest BCUT2D eigenvalue weighted by atomic mass is 16.4. The predicted molar refractivity (Wildman–Crippen MR) is 83.9 cm³/mol. The molecule has 0 fully saturated rings. The Kier molecular flexibility index (Phi) is 4.93. The van der Waals surface area contributed by atoms with Crippen LogP contribution in [0.3, 0.4) is 0 Å². The Morgan fingerprint density at radius 1 is 1.24 bits per heavy atom. The topological polar surface area (TPSA) is 62.2 Å². The van der Waals surface area contributed by atoms with Gasteiger partial charge in [0.1, 0.15) is 11.4 Å². The number of nitrogens with one attached hydrogen (secondary N) is 1. The second-order valence-corrected chi connectivity index (χ2v) is 5.18. The average Bonchev–Trinajstić information content (AvgIpc) is 2.48. The lowest BCUT2D eigenvalue weighted by Crippen LogP contribution is -2.12. The zero-order valence-corrected chi connectivity index (χ0v) is 12.3. The molecule has 1 heterocycles.